The standard InChI is InChI=1S/C6H8N2O3S/c7-8-5-3-1-2-4-6(5)12(9,10)11/h1-2,4-5,7H,3H2,(H,9,10,11). The lowest BCUT2D eigenvalue weighted by Crippen LogP contribution is -2.16. The number of nitrogens with zero attached hydrogens (tertiary/aromatic N) is 1. The monoisotopic (exact) mass is 188 g/mol. The summed E-state index contributed by atoms with van der Waals surface area (Å²) in [6.45, 7) is 0. The van der Waals surface area contributed by atoms with E-state index in [4.69, 9.17) is 10.1 Å². The minimum absolute atomic E-state index is 0.208. The van der Waals surface area contributed by atoms with Gasteiger partial charge in [0.2, 0.25) is 0 Å². The van der Waals surface area contributed by atoms with Crippen LogP contribution in [0.2, 0.25) is 0 Å². The molecule has 0 saturated heterocycles. The van der Waals surface area contributed by atoms with E-state index in [1.165, 1.54) is 12.2 Å². The summed E-state index contributed by atoms with van der Waals surface area (Å²) >= 11 is 0. The molecule has 12 heavy (non-hydrogen) atoms. The SMILES string of the molecule is N=NC1CC=CC=C1S(=O)(=O)O. The van der Waals surface area contributed by atoms with Gasteiger partial charge < -0.3 is 0 Å². The highest BCUT2D eigenvalue weighted by molar-refractivity contribution is 7.89. The molecule has 1 atom stereocenters. The van der Waals surface area contributed by atoms with Crippen LogP contribution in [0.25, 0.3) is 0 Å². The van der Waals surface area contributed by atoms with Gasteiger partial charge in [0.1, 0.15) is 6.04 Å². The molecule has 5 nitrogen and oxygen atoms in total. The van der Waals surface area contributed by atoms with Crippen LogP contribution in [0, 0.1) is 5.53 Å². The van der Waals surface area contributed by atoms with Gasteiger partial charge in [-0.15, -0.1) is 0 Å². The van der Waals surface area contributed by atoms with E-state index >= 15 is 0 Å². The van der Waals surface area contributed by atoms with Crippen LogP contribution in [0.4, 0.5) is 0 Å². The minimum atomic E-state index is -4.19. The molecule has 6 heteroatoms. The summed E-state index contributed by atoms with van der Waals surface area (Å²) in [4.78, 5) is -0.208. The zero-order valence-electron chi connectivity index (χ0n) is 6.14. The number of rotatable bonds is 2. The Morgan fingerprint density at radius 3 is 2.75 bits per heavy atom. The first-order chi connectivity index (χ1) is 5.55. The molecule has 0 aromatic carbocycles. The van der Waals surface area contributed by atoms with Gasteiger partial charge in [-0.2, -0.15) is 13.5 Å². The summed E-state index contributed by atoms with van der Waals surface area (Å²) in [5.74, 6) is 0. The first-order valence-electron chi connectivity index (χ1n) is 3.26. The van der Waals surface area contributed by atoms with Crippen LogP contribution >= 0.6 is 0 Å². The summed E-state index contributed by atoms with van der Waals surface area (Å²) in [6, 6.07) is -0.759. The van der Waals surface area contributed by atoms with E-state index in [1.807, 2.05) is 0 Å². The molecule has 0 radical (unpaired) electrons. The van der Waals surface area contributed by atoms with Gasteiger partial charge in [-0.25, -0.2) is 5.53 Å². The minimum Gasteiger partial charge on any atom is -0.282 e. The Morgan fingerprint density at radius 2 is 2.33 bits per heavy atom. The fourth-order valence-electron chi connectivity index (χ4n) is 0.972. The second kappa shape index (κ2) is 3.16. The van der Waals surface area contributed by atoms with Crippen molar-refractivity contribution in [1.82, 2.24) is 0 Å². The highest BCUT2D eigenvalue weighted by atomic mass is 32.2. The Hall–Kier alpha value is -1.01. The van der Waals surface area contributed by atoms with Crippen molar-refractivity contribution in [3.8, 4) is 0 Å². The van der Waals surface area contributed by atoms with Gasteiger partial charge in [0.15, 0.2) is 0 Å². The Kier molecular flexibility index (Phi) is 2.39. The van der Waals surface area contributed by atoms with Crippen LogP contribution in [0.1, 0.15) is 6.42 Å². The van der Waals surface area contributed by atoms with E-state index in [1.54, 1.807) is 6.08 Å². The van der Waals surface area contributed by atoms with E-state index in [0.29, 0.717) is 6.42 Å². The molecule has 0 fully saturated rings. The summed E-state index contributed by atoms with van der Waals surface area (Å²) in [6.07, 6.45) is 4.80. The molecule has 0 aromatic rings. The van der Waals surface area contributed by atoms with Gasteiger partial charge in [-0.1, -0.05) is 12.2 Å². The molecule has 0 amide bonds. The fourth-order valence-corrected chi connectivity index (χ4v) is 1.72. The maximum absolute atomic E-state index is 10.7. The van der Waals surface area contributed by atoms with E-state index in [2.05, 4.69) is 5.11 Å². The summed E-state index contributed by atoms with van der Waals surface area (Å²) in [5, 5.41) is 3.09. The topological polar surface area (TPSA) is 90.6 Å². The van der Waals surface area contributed by atoms with Crippen molar-refractivity contribution in [2.24, 2.45) is 5.11 Å². The van der Waals surface area contributed by atoms with E-state index in [9.17, 15) is 8.42 Å². The third-order valence-corrected chi connectivity index (χ3v) is 2.54. The molecular formula is C6H8N2O3S. The largest absolute Gasteiger partial charge is 0.292 e. The molecule has 0 aromatic heterocycles. The number of hydrogen-bond donors (Lipinski definition) is 2. The molecule has 1 aliphatic carbocycles. The molecule has 0 saturated carbocycles. The van der Waals surface area contributed by atoms with Crippen molar-refractivity contribution < 1.29 is 13.0 Å². The van der Waals surface area contributed by atoms with Crippen LogP contribution in [0.5, 0.6) is 0 Å². The van der Waals surface area contributed by atoms with E-state index in [-0.39, 0.29) is 4.91 Å². The van der Waals surface area contributed by atoms with Crippen LogP contribution < -0.4 is 0 Å². The van der Waals surface area contributed by atoms with Crippen molar-refractivity contribution in [3.05, 3.63) is 23.1 Å². The van der Waals surface area contributed by atoms with Gasteiger partial charge in [0, 0.05) is 0 Å². The third-order valence-electron chi connectivity index (χ3n) is 1.54. The summed E-state index contributed by atoms with van der Waals surface area (Å²) in [5.41, 5.74) is 6.68. The molecule has 0 bridgehead atoms. The molecule has 0 heterocycles. The molecule has 0 spiro atoms. The lowest BCUT2D eigenvalue weighted by Gasteiger charge is -2.12. The maximum Gasteiger partial charge on any atom is 0.292 e. The smallest absolute Gasteiger partial charge is 0.282 e. The second-order valence-electron chi connectivity index (χ2n) is 2.35. The quantitative estimate of drug-likeness (QED) is 0.502. The first kappa shape index (κ1) is 9.08. The van der Waals surface area contributed by atoms with Gasteiger partial charge in [0.25, 0.3) is 10.1 Å². The molecule has 2 N–H and O–H groups in total. The number of hydrogen-bond acceptors (Lipinski definition) is 4. The highest BCUT2D eigenvalue weighted by Crippen LogP contribution is 2.20. The number of nitrogens with one attached hydrogen (secondary N) is 1. The Balaban J connectivity index is 3.08. The van der Waals surface area contributed by atoms with Gasteiger partial charge >= 0.3 is 0 Å². The molecule has 66 valence electrons. The summed E-state index contributed by atoms with van der Waals surface area (Å²) in [7, 11) is -4.19. The predicted octanol–water partition coefficient (Wildman–Crippen LogP) is 1.12. The third kappa shape index (κ3) is 1.77. The van der Waals surface area contributed by atoms with Crippen molar-refractivity contribution in [3.63, 3.8) is 0 Å². The molecule has 0 aliphatic heterocycles. The molecule has 1 unspecified atom stereocenters. The number of allylic oxidation sites excluding steroid dienone is 2. The van der Waals surface area contributed by atoms with Gasteiger partial charge in [0.05, 0.1) is 4.91 Å². The van der Waals surface area contributed by atoms with Crippen molar-refractivity contribution >= 4 is 10.1 Å². The highest BCUT2D eigenvalue weighted by Gasteiger charge is 2.24. The van der Waals surface area contributed by atoms with Crippen LogP contribution in [-0.2, 0) is 10.1 Å². The van der Waals surface area contributed by atoms with E-state index < -0.39 is 16.2 Å². The zero-order valence-corrected chi connectivity index (χ0v) is 6.95. The molecule has 1 aliphatic rings. The Bertz CT molecular complexity index is 342. The van der Waals surface area contributed by atoms with Gasteiger partial charge in [-0.3, -0.25) is 4.55 Å². The Labute approximate surface area is 70.0 Å². The van der Waals surface area contributed by atoms with E-state index in [0.717, 1.165) is 0 Å². The predicted molar refractivity (Wildman–Crippen MR) is 42.3 cm³/mol. The van der Waals surface area contributed by atoms with Crippen LogP contribution in [0.3, 0.4) is 0 Å². The average molecular weight is 188 g/mol. The van der Waals surface area contributed by atoms with Crippen LogP contribution in [0.15, 0.2) is 28.2 Å². The van der Waals surface area contributed by atoms with Crippen molar-refractivity contribution in [2.75, 3.05) is 0 Å². The second-order valence-corrected chi connectivity index (χ2v) is 3.77. The van der Waals surface area contributed by atoms with Crippen LogP contribution in [-0.4, -0.2) is 19.0 Å². The lowest BCUT2D eigenvalue weighted by atomic mass is 10.1. The maximum atomic E-state index is 10.7. The first-order valence-corrected chi connectivity index (χ1v) is 4.70. The van der Waals surface area contributed by atoms with Crippen molar-refractivity contribution in [2.45, 2.75) is 12.5 Å². The fraction of sp³-hybridized carbons (Fsp3) is 0.333. The molecular weight excluding hydrogens is 180 g/mol. The summed E-state index contributed by atoms with van der Waals surface area (Å²) < 4.78 is 30.0. The average Bonchev–Trinajstić information content (AvgIpc) is 2.03. The Morgan fingerprint density at radius 1 is 1.67 bits per heavy atom. The zero-order chi connectivity index (χ0) is 9.19. The van der Waals surface area contributed by atoms with Gasteiger partial charge in [-0.05, 0) is 12.5 Å². The normalized spacial score (nSPS) is 23.4. The lowest BCUT2D eigenvalue weighted by molar-refractivity contribution is 0.485. The molecule has 1 rings (SSSR count). The van der Waals surface area contributed by atoms with Crippen molar-refractivity contribution in [1.29, 1.82) is 5.53 Å².